The van der Waals surface area contributed by atoms with Crippen LogP contribution >= 0.6 is 0 Å². The van der Waals surface area contributed by atoms with Gasteiger partial charge in [-0.3, -0.25) is 9.89 Å². The summed E-state index contributed by atoms with van der Waals surface area (Å²) in [7, 11) is 4.27. The molecule has 9 heteroatoms. The number of carbonyl (C=O) groups is 2. The summed E-state index contributed by atoms with van der Waals surface area (Å²) in [5.74, 6) is -0.410. The molecule has 1 heterocycles. The van der Waals surface area contributed by atoms with Crippen LogP contribution in [0.4, 0.5) is 4.79 Å². The average Bonchev–Trinajstić information content (AvgIpc) is 2.92. The number of aromatic amines is 1. The molecular formula is C14H25N3O6. The summed E-state index contributed by atoms with van der Waals surface area (Å²) in [6, 6.07) is 1.25. The molecule has 0 spiro atoms. The molecule has 0 saturated carbocycles. The van der Waals surface area contributed by atoms with Gasteiger partial charge in [0.1, 0.15) is 5.60 Å². The summed E-state index contributed by atoms with van der Waals surface area (Å²) < 4.78 is 14.7. The SMILES string of the molecule is CC(C)(C)OC(=O)n1ccc(=O)[nH]1.CN.CO/C=C/C(=O)OC. The standard InChI is InChI=1S/C8H12N2O3.C5H8O3.CH5N/c1-8(2,3)13-7(12)10-5-4-6(11)9-10;1-7-4-3-5(6)8-2;1-2/h4-5H,1-3H3,(H,9,11);3-4H,1-2H3;2H2,1H3/b;4-3+;. The van der Waals surface area contributed by atoms with Crippen molar-refractivity contribution in [1.82, 2.24) is 9.78 Å². The van der Waals surface area contributed by atoms with E-state index in [4.69, 9.17) is 4.74 Å². The van der Waals surface area contributed by atoms with E-state index < -0.39 is 17.7 Å². The van der Waals surface area contributed by atoms with Crippen molar-refractivity contribution in [3.8, 4) is 0 Å². The summed E-state index contributed by atoms with van der Waals surface area (Å²) in [5, 5.41) is 2.28. The van der Waals surface area contributed by atoms with Gasteiger partial charge < -0.3 is 19.9 Å². The lowest BCUT2D eigenvalue weighted by atomic mass is 10.2. The van der Waals surface area contributed by atoms with Crippen LogP contribution in [-0.2, 0) is 19.0 Å². The molecule has 0 aliphatic carbocycles. The largest absolute Gasteiger partial charge is 0.504 e. The number of nitrogens with one attached hydrogen (secondary N) is 1. The van der Waals surface area contributed by atoms with E-state index in [1.807, 2.05) is 0 Å². The second kappa shape index (κ2) is 12.0. The predicted molar refractivity (Wildman–Crippen MR) is 85.0 cm³/mol. The Kier molecular flexibility index (Phi) is 11.9. The van der Waals surface area contributed by atoms with Gasteiger partial charge in [0, 0.05) is 12.3 Å². The smallest absolute Gasteiger partial charge is 0.433 e. The Bertz CT molecular complexity index is 539. The van der Waals surface area contributed by atoms with Gasteiger partial charge in [0.25, 0.3) is 5.56 Å². The first-order chi connectivity index (χ1) is 10.7. The van der Waals surface area contributed by atoms with Crippen LogP contribution in [0.3, 0.4) is 0 Å². The lowest BCUT2D eigenvalue weighted by Crippen LogP contribution is -2.28. The number of esters is 1. The average molecular weight is 331 g/mol. The van der Waals surface area contributed by atoms with E-state index in [9.17, 15) is 14.4 Å². The molecule has 132 valence electrons. The van der Waals surface area contributed by atoms with Gasteiger partial charge in [-0.2, -0.15) is 4.68 Å². The molecule has 0 fully saturated rings. The summed E-state index contributed by atoms with van der Waals surface area (Å²) in [6.07, 6.45) is 3.19. The fourth-order valence-corrected chi connectivity index (χ4v) is 0.945. The van der Waals surface area contributed by atoms with Gasteiger partial charge in [-0.25, -0.2) is 9.59 Å². The lowest BCUT2D eigenvalue weighted by Gasteiger charge is -2.18. The third kappa shape index (κ3) is 12.9. The zero-order chi connectivity index (χ0) is 18.5. The number of hydrogen-bond acceptors (Lipinski definition) is 7. The fraction of sp³-hybridized carbons (Fsp3) is 0.500. The summed E-state index contributed by atoms with van der Waals surface area (Å²) in [6.45, 7) is 5.27. The number of methoxy groups -OCH3 is 2. The minimum absolute atomic E-state index is 0.328. The van der Waals surface area contributed by atoms with Crippen molar-refractivity contribution >= 4 is 12.1 Å². The Morgan fingerprint density at radius 2 is 1.83 bits per heavy atom. The molecule has 0 amide bonds. The van der Waals surface area contributed by atoms with E-state index in [0.29, 0.717) is 0 Å². The third-order valence-corrected chi connectivity index (χ3v) is 1.74. The quantitative estimate of drug-likeness (QED) is 0.467. The van der Waals surface area contributed by atoms with E-state index >= 15 is 0 Å². The first-order valence-corrected chi connectivity index (χ1v) is 6.55. The maximum Gasteiger partial charge on any atom is 0.433 e. The van der Waals surface area contributed by atoms with Crippen molar-refractivity contribution < 1.29 is 23.8 Å². The third-order valence-electron chi connectivity index (χ3n) is 1.74. The second-order valence-corrected chi connectivity index (χ2v) is 4.70. The van der Waals surface area contributed by atoms with Crippen LogP contribution in [0, 0.1) is 0 Å². The normalized spacial score (nSPS) is 9.87. The number of nitrogens with two attached hydrogens (primary N) is 1. The van der Waals surface area contributed by atoms with Gasteiger partial charge in [0.2, 0.25) is 0 Å². The maximum absolute atomic E-state index is 11.2. The number of hydrogen-bond donors (Lipinski definition) is 2. The Labute approximate surface area is 135 Å². The topological polar surface area (TPSA) is 126 Å². The summed E-state index contributed by atoms with van der Waals surface area (Å²) >= 11 is 0. The van der Waals surface area contributed by atoms with Crippen LogP contribution in [0.2, 0.25) is 0 Å². The molecule has 3 N–H and O–H groups in total. The molecule has 9 nitrogen and oxygen atoms in total. The highest BCUT2D eigenvalue weighted by molar-refractivity contribution is 5.81. The number of nitrogens with zero attached hydrogens (tertiary/aromatic N) is 1. The van der Waals surface area contributed by atoms with Gasteiger partial charge in [0.15, 0.2) is 0 Å². The fourth-order valence-electron chi connectivity index (χ4n) is 0.945. The minimum atomic E-state index is -0.588. The van der Waals surface area contributed by atoms with Crippen molar-refractivity contribution in [2.45, 2.75) is 26.4 Å². The van der Waals surface area contributed by atoms with Gasteiger partial charge >= 0.3 is 12.1 Å². The highest BCUT2D eigenvalue weighted by Crippen LogP contribution is 2.07. The van der Waals surface area contributed by atoms with Gasteiger partial charge in [-0.1, -0.05) is 0 Å². The molecule has 1 rings (SSSR count). The lowest BCUT2D eigenvalue weighted by molar-refractivity contribution is -0.134. The number of ether oxygens (including phenoxy) is 3. The van der Waals surface area contributed by atoms with Gasteiger partial charge in [-0.05, 0) is 27.8 Å². The van der Waals surface area contributed by atoms with Crippen molar-refractivity contribution in [3.63, 3.8) is 0 Å². The second-order valence-electron chi connectivity index (χ2n) is 4.70. The van der Waals surface area contributed by atoms with Crippen LogP contribution in [0.25, 0.3) is 0 Å². The molecule has 23 heavy (non-hydrogen) atoms. The van der Waals surface area contributed by atoms with Crippen molar-refractivity contribution in [2.24, 2.45) is 5.73 Å². The Morgan fingerprint density at radius 1 is 1.26 bits per heavy atom. The predicted octanol–water partition coefficient (Wildman–Crippen LogP) is 0.854. The number of carbonyl (C=O) groups excluding carboxylic acids is 2. The molecule has 0 aliphatic rings. The number of aromatic nitrogens is 2. The van der Waals surface area contributed by atoms with Crippen molar-refractivity contribution in [2.75, 3.05) is 21.3 Å². The van der Waals surface area contributed by atoms with E-state index in [0.717, 1.165) is 4.68 Å². The zero-order valence-electron chi connectivity index (χ0n) is 14.3. The van der Waals surface area contributed by atoms with E-state index in [-0.39, 0.29) is 5.56 Å². The first-order valence-electron chi connectivity index (χ1n) is 6.55. The maximum atomic E-state index is 11.2. The van der Waals surface area contributed by atoms with E-state index in [1.165, 1.54) is 45.9 Å². The van der Waals surface area contributed by atoms with E-state index in [1.54, 1.807) is 20.8 Å². The number of H-pyrrole nitrogens is 1. The summed E-state index contributed by atoms with van der Waals surface area (Å²) in [5.41, 5.74) is 3.61. The van der Waals surface area contributed by atoms with Crippen LogP contribution < -0.4 is 11.3 Å². The molecule has 0 saturated heterocycles. The highest BCUT2D eigenvalue weighted by atomic mass is 16.6. The minimum Gasteiger partial charge on any atom is -0.504 e. The van der Waals surface area contributed by atoms with Crippen LogP contribution in [0.1, 0.15) is 20.8 Å². The highest BCUT2D eigenvalue weighted by Gasteiger charge is 2.17. The molecule has 0 aromatic carbocycles. The van der Waals surface area contributed by atoms with Gasteiger partial charge in [-0.15, -0.1) is 0 Å². The Hall–Kier alpha value is -2.55. The Morgan fingerprint density at radius 3 is 2.17 bits per heavy atom. The van der Waals surface area contributed by atoms with Crippen LogP contribution in [0.5, 0.6) is 0 Å². The van der Waals surface area contributed by atoms with Crippen molar-refractivity contribution in [1.29, 1.82) is 0 Å². The first kappa shape index (κ1) is 22.7. The molecular weight excluding hydrogens is 306 g/mol. The number of rotatable bonds is 2. The monoisotopic (exact) mass is 331 g/mol. The van der Waals surface area contributed by atoms with E-state index in [2.05, 4.69) is 20.3 Å². The van der Waals surface area contributed by atoms with Gasteiger partial charge in [0.05, 0.1) is 26.6 Å². The van der Waals surface area contributed by atoms with Crippen LogP contribution in [0.15, 0.2) is 29.4 Å². The molecule has 0 bridgehead atoms. The molecule has 1 aromatic heterocycles. The van der Waals surface area contributed by atoms with Crippen molar-refractivity contribution in [3.05, 3.63) is 35.0 Å². The molecule has 0 aliphatic heterocycles. The summed E-state index contributed by atoms with van der Waals surface area (Å²) in [4.78, 5) is 32.1. The molecule has 1 aromatic rings. The van der Waals surface area contributed by atoms with Crippen LogP contribution in [-0.4, -0.2) is 48.7 Å². The molecule has 0 unspecified atom stereocenters. The molecule has 0 atom stereocenters. The zero-order valence-corrected chi connectivity index (χ0v) is 14.3. The molecule has 0 radical (unpaired) electrons. The Balaban J connectivity index is 0.